The van der Waals surface area contributed by atoms with Gasteiger partial charge in [-0.3, -0.25) is 0 Å². The highest BCUT2D eigenvalue weighted by Gasteiger charge is 2.33. The minimum atomic E-state index is 0.144. The number of ether oxygens (including phenoxy) is 1. The zero-order chi connectivity index (χ0) is 15.0. The van der Waals surface area contributed by atoms with Crippen LogP contribution in [-0.4, -0.2) is 62.6 Å². The zero-order valence-corrected chi connectivity index (χ0v) is 13.8. The Morgan fingerprint density at radius 3 is 2.38 bits per heavy atom. The Morgan fingerprint density at radius 1 is 1.14 bits per heavy atom. The maximum absolute atomic E-state index is 8.84. The lowest BCUT2D eigenvalue weighted by molar-refractivity contribution is -0.0159. The van der Waals surface area contributed by atoms with Crippen LogP contribution in [0.25, 0.3) is 0 Å². The Labute approximate surface area is 130 Å². The number of likely N-dealkylation sites (tertiary alicyclic amines) is 1. The molecular weight excluding hydrogens is 264 g/mol. The van der Waals surface area contributed by atoms with Gasteiger partial charge in [0.25, 0.3) is 0 Å². The van der Waals surface area contributed by atoms with Crippen LogP contribution in [0.1, 0.15) is 51.4 Å². The van der Waals surface area contributed by atoms with E-state index in [1.807, 2.05) is 0 Å². The minimum absolute atomic E-state index is 0.144. The molecule has 1 saturated carbocycles. The summed E-state index contributed by atoms with van der Waals surface area (Å²) in [6.07, 6.45) is 11.0. The molecule has 2 fully saturated rings. The molecule has 1 heterocycles. The van der Waals surface area contributed by atoms with E-state index >= 15 is 0 Å². The summed E-state index contributed by atoms with van der Waals surface area (Å²) in [5, 5.41) is 12.3. The van der Waals surface area contributed by atoms with Gasteiger partial charge in [-0.15, -0.1) is 0 Å². The molecule has 4 nitrogen and oxygen atoms in total. The lowest BCUT2D eigenvalue weighted by Gasteiger charge is -2.41. The van der Waals surface area contributed by atoms with Crippen molar-refractivity contribution in [3.8, 4) is 0 Å². The molecule has 1 aliphatic heterocycles. The summed E-state index contributed by atoms with van der Waals surface area (Å²) in [4.78, 5) is 2.65. The average molecular weight is 298 g/mol. The second-order valence-corrected chi connectivity index (χ2v) is 7.01. The van der Waals surface area contributed by atoms with Crippen LogP contribution in [0.5, 0.6) is 0 Å². The van der Waals surface area contributed by atoms with Crippen molar-refractivity contribution < 1.29 is 9.84 Å². The van der Waals surface area contributed by atoms with Crippen LogP contribution in [0.2, 0.25) is 0 Å². The van der Waals surface area contributed by atoms with Gasteiger partial charge in [-0.05, 0) is 38.1 Å². The van der Waals surface area contributed by atoms with E-state index in [1.165, 1.54) is 45.1 Å². The number of hydrogen-bond donors (Lipinski definition) is 2. The van der Waals surface area contributed by atoms with Gasteiger partial charge in [0.2, 0.25) is 0 Å². The predicted octanol–water partition coefficient (Wildman–Crippen LogP) is 2.02. The Balaban J connectivity index is 1.81. The second-order valence-electron chi connectivity index (χ2n) is 7.01. The molecule has 2 rings (SSSR count). The molecule has 0 radical (unpaired) electrons. The zero-order valence-electron chi connectivity index (χ0n) is 13.8. The van der Waals surface area contributed by atoms with E-state index in [0.717, 1.165) is 32.5 Å². The lowest BCUT2D eigenvalue weighted by Crippen LogP contribution is -2.47. The van der Waals surface area contributed by atoms with E-state index in [9.17, 15) is 0 Å². The van der Waals surface area contributed by atoms with Crippen molar-refractivity contribution in [2.75, 3.05) is 46.4 Å². The minimum Gasteiger partial charge on any atom is -0.394 e. The van der Waals surface area contributed by atoms with Crippen molar-refractivity contribution in [1.29, 1.82) is 0 Å². The molecule has 0 atom stereocenters. The van der Waals surface area contributed by atoms with E-state index in [2.05, 4.69) is 17.3 Å². The largest absolute Gasteiger partial charge is 0.394 e. The standard InChI is InChI=1S/C17H34N2O2/c1-18-14-17(8-4-2-3-5-9-17)15-19-10-6-16(7-11-19)21-13-12-20/h16,18,20H,2-15H2,1H3. The third-order valence-electron chi connectivity index (χ3n) is 5.25. The average Bonchev–Trinajstić information content (AvgIpc) is 2.73. The van der Waals surface area contributed by atoms with Crippen molar-refractivity contribution in [2.24, 2.45) is 5.41 Å². The molecule has 2 N–H and O–H groups in total. The summed E-state index contributed by atoms with van der Waals surface area (Å²) < 4.78 is 5.67. The molecule has 0 spiro atoms. The van der Waals surface area contributed by atoms with Gasteiger partial charge < -0.3 is 20.1 Å². The van der Waals surface area contributed by atoms with Crippen LogP contribution in [0.15, 0.2) is 0 Å². The maximum atomic E-state index is 8.84. The molecule has 0 aromatic heterocycles. The number of hydrogen-bond acceptors (Lipinski definition) is 4. The summed E-state index contributed by atoms with van der Waals surface area (Å²) in [7, 11) is 2.10. The van der Waals surface area contributed by atoms with E-state index in [0.29, 0.717) is 18.1 Å². The van der Waals surface area contributed by atoms with Crippen LogP contribution >= 0.6 is 0 Å². The monoisotopic (exact) mass is 298 g/mol. The van der Waals surface area contributed by atoms with Crippen LogP contribution in [-0.2, 0) is 4.74 Å². The SMILES string of the molecule is CNCC1(CN2CCC(OCCO)CC2)CCCCCC1. The molecule has 124 valence electrons. The van der Waals surface area contributed by atoms with Gasteiger partial charge in [0.15, 0.2) is 0 Å². The van der Waals surface area contributed by atoms with Gasteiger partial charge in [0.05, 0.1) is 19.3 Å². The Morgan fingerprint density at radius 2 is 1.81 bits per heavy atom. The number of aliphatic hydroxyl groups is 1. The van der Waals surface area contributed by atoms with Gasteiger partial charge in [-0.1, -0.05) is 25.7 Å². The topological polar surface area (TPSA) is 44.7 Å². The molecule has 1 aliphatic carbocycles. The Hall–Kier alpha value is -0.160. The number of nitrogens with zero attached hydrogens (tertiary/aromatic N) is 1. The Kier molecular flexibility index (Phi) is 7.44. The molecule has 0 aromatic carbocycles. The molecule has 0 aromatic rings. The fourth-order valence-electron chi connectivity index (χ4n) is 4.17. The molecule has 4 heteroatoms. The summed E-state index contributed by atoms with van der Waals surface area (Å²) >= 11 is 0. The third-order valence-corrected chi connectivity index (χ3v) is 5.25. The van der Waals surface area contributed by atoms with Gasteiger partial charge in [-0.25, -0.2) is 0 Å². The van der Waals surface area contributed by atoms with Gasteiger partial charge in [0.1, 0.15) is 0 Å². The summed E-state index contributed by atoms with van der Waals surface area (Å²) in [5.41, 5.74) is 0.490. The predicted molar refractivity (Wildman–Crippen MR) is 86.6 cm³/mol. The van der Waals surface area contributed by atoms with Crippen LogP contribution in [0.3, 0.4) is 0 Å². The molecule has 0 unspecified atom stereocenters. The molecule has 1 saturated heterocycles. The van der Waals surface area contributed by atoms with Crippen molar-refractivity contribution in [2.45, 2.75) is 57.5 Å². The highest BCUT2D eigenvalue weighted by atomic mass is 16.5. The quantitative estimate of drug-likeness (QED) is 0.706. The highest BCUT2D eigenvalue weighted by molar-refractivity contribution is 4.88. The highest BCUT2D eigenvalue weighted by Crippen LogP contribution is 2.36. The van der Waals surface area contributed by atoms with Gasteiger partial charge in [0, 0.05) is 26.2 Å². The van der Waals surface area contributed by atoms with Crippen molar-refractivity contribution in [1.82, 2.24) is 10.2 Å². The number of nitrogens with one attached hydrogen (secondary N) is 1. The number of aliphatic hydroxyl groups excluding tert-OH is 1. The number of rotatable bonds is 7. The van der Waals surface area contributed by atoms with Crippen LogP contribution in [0.4, 0.5) is 0 Å². The first-order valence-electron chi connectivity index (χ1n) is 8.87. The van der Waals surface area contributed by atoms with Gasteiger partial charge in [-0.2, -0.15) is 0 Å². The van der Waals surface area contributed by atoms with Gasteiger partial charge >= 0.3 is 0 Å². The molecule has 2 aliphatic rings. The fourth-order valence-corrected chi connectivity index (χ4v) is 4.17. The first-order chi connectivity index (χ1) is 10.3. The summed E-state index contributed by atoms with van der Waals surface area (Å²) in [6, 6.07) is 0. The first-order valence-corrected chi connectivity index (χ1v) is 8.87. The van der Waals surface area contributed by atoms with E-state index in [-0.39, 0.29) is 6.61 Å². The Bertz CT molecular complexity index is 270. The van der Waals surface area contributed by atoms with Crippen LogP contribution in [0, 0.1) is 5.41 Å². The van der Waals surface area contributed by atoms with Crippen molar-refractivity contribution in [3.63, 3.8) is 0 Å². The van der Waals surface area contributed by atoms with E-state index in [1.54, 1.807) is 0 Å². The van der Waals surface area contributed by atoms with Crippen LogP contribution < -0.4 is 5.32 Å². The van der Waals surface area contributed by atoms with Crippen molar-refractivity contribution >= 4 is 0 Å². The molecule has 21 heavy (non-hydrogen) atoms. The van der Waals surface area contributed by atoms with E-state index in [4.69, 9.17) is 9.84 Å². The maximum Gasteiger partial charge on any atom is 0.0701 e. The number of piperidine rings is 1. The van der Waals surface area contributed by atoms with E-state index < -0.39 is 0 Å². The fraction of sp³-hybridized carbons (Fsp3) is 1.00. The molecule has 0 bridgehead atoms. The van der Waals surface area contributed by atoms with Crippen molar-refractivity contribution in [3.05, 3.63) is 0 Å². The third kappa shape index (κ3) is 5.51. The summed E-state index contributed by atoms with van der Waals surface area (Å²) in [5.74, 6) is 0. The molecule has 0 amide bonds. The molecular formula is C17H34N2O2. The second kappa shape index (κ2) is 9.09. The normalized spacial score (nSPS) is 24.9. The lowest BCUT2D eigenvalue weighted by atomic mass is 9.79. The first kappa shape index (κ1) is 17.2. The smallest absolute Gasteiger partial charge is 0.0701 e. The summed E-state index contributed by atoms with van der Waals surface area (Å²) in [6.45, 7) is 5.36.